The summed E-state index contributed by atoms with van der Waals surface area (Å²) in [4.78, 5) is 23.7. The fraction of sp³-hybridized carbons (Fsp3) is 0.300. The van der Waals surface area contributed by atoms with Crippen LogP contribution in [-0.4, -0.2) is 24.5 Å². The predicted molar refractivity (Wildman–Crippen MR) is 98.8 cm³/mol. The maximum Gasteiger partial charge on any atom is 0.279 e. The summed E-state index contributed by atoms with van der Waals surface area (Å²) in [6.07, 6.45) is -0.875. The number of hydrogen-bond donors (Lipinski definition) is 2. The summed E-state index contributed by atoms with van der Waals surface area (Å²) in [5.74, 6) is -0.131. The Bertz CT molecular complexity index is 761. The predicted octanol–water partition coefficient (Wildman–Crippen LogP) is 2.94. The van der Waals surface area contributed by atoms with Gasteiger partial charge in [0.25, 0.3) is 11.8 Å². The number of ether oxygens (including phenoxy) is 2. The summed E-state index contributed by atoms with van der Waals surface area (Å²) in [6.45, 7) is 5.45. The van der Waals surface area contributed by atoms with E-state index in [1.54, 1.807) is 12.1 Å². The Morgan fingerprint density at radius 1 is 0.926 bits per heavy atom. The third-order valence-electron chi connectivity index (χ3n) is 3.74. The molecule has 0 bridgehead atoms. The maximum absolute atomic E-state index is 12.8. The Balaban J connectivity index is 1.72. The quantitative estimate of drug-likeness (QED) is 0.731. The Hall–Kier alpha value is -3.09. The standard InChI is InChI=1S/C20H23FN2O4/c1-13(2)15-4-8-17(9-5-15)26-12-19(24)22-23-20(25)14(3)27-18-10-6-16(21)7-11-18/h4-11,13-14H,12H2,1-3H3,(H,22,24)(H,23,25)/t14-/m1/s1. The lowest BCUT2D eigenvalue weighted by Crippen LogP contribution is -2.48. The van der Waals surface area contributed by atoms with Crippen molar-refractivity contribution in [2.45, 2.75) is 32.8 Å². The Kier molecular flexibility index (Phi) is 7.16. The smallest absolute Gasteiger partial charge is 0.279 e. The van der Waals surface area contributed by atoms with E-state index in [0.29, 0.717) is 17.4 Å². The number of carbonyl (C=O) groups excluding carboxylic acids is 2. The van der Waals surface area contributed by atoms with Crippen LogP contribution in [0.3, 0.4) is 0 Å². The topological polar surface area (TPSA) is 76.7 Å². The van der Waals surface area contributed by atoms with Gasteiger partial charge < -0.3 is 9.47 Å². The van der Waals surface area contributed by atoms with Crippen LogP contribution in [0.2, 0.25) is 0 Å². The first-order valence-electron chi connectivity index (χ1n) is 8.59. The molecule has 0 saturated heterocycles. The zero-order chi connectivity index (χ0) is 19.8. The van der Waals surface area contributed by atoms with Crippen molar-refractivity contribution in [2.75, 3.05) is 6.61 Å². The fourth-order valence-corrected chi connectivity index (χ4v) is 2.14. The SMILES string of the molecule is CC(C)c1ccc(OCC(=O)NNC(=O)[C@@H](C)Oc2ccc(F)cc2)cc1. The molecule has 144 valence electrons. The van der Waals surface area contributed by atoms with Crippen molar-refractivity contribution in [3.63, 3.8) is 0 Å². The number of hydrogen-bond acceptors (Lipinski definition) is 4. The largest absolute Gasteiger partial charge is 0.484 e. The number of carbonyl (C=O) groups is 2. The van der Waals surface area contributed by atoms with Crippen LogP contribution in [0.25, 0.3) is 0 Å². The van der Waals surface area contributed by atoms with Gasteiger partial charge in [-0.2, -0.15) is 0 Å². The number of halogens is 1. The second-order valence-corrected chi connectivity index (χ2v) is 6.26. The Labute approximate surface area is 157 Å². The minimum atomic E-state index is -0.875. The van der Waals surface area contributed by atoms with Crippen LogP contribution < -0.4 is 20.3 Å². The molecular weight excluding hydrogens is 351 g/mol. The van der Waals surface area contributed by atoms with Crippen LogP contribution in [0.4, 0.5) is 4.39 Å². The van der Waals surface area contributed by atoms with Crippen molar-refractivity contribution in [1.82, 2.24) is 10.9 Å². The van der Waals surface area contributed by atoms with Crippen LogP contribution in [0.1, 0.15) is 32.3 Å². The van der Waals surface area contributed by atoms with Gasteiger partial charge in [-0.3, -0.25) is 20.4 Å². The fourth-order valence-electron chi connectivity index (χ4n) is 2.14. The van der Waals surface area contributed by atoms with E-state index in [9.17, 15) is 14.0 Å². The summed E-state index contributed by atoms with van der Waals surface area (Å²) in [7, 11) is 0. The van der Waals surface area contributed by atoms with Gasteiger partial charge in [0.1, 0.15) is 17.3 Å². The van der Waals surface area contributed by atoms with Gasteiger partial charge in [-0.05, 0) is 54.8 Å². The summed E-state index contributed by atoms with van der Waals surface area (Å²) < 4.78 is 23.6. The molecule has 1 atom stereocenters. The molecule has 27 heavy (non-hydrogen) atoms. The maximum atomic E-state index is 12.8. The van der Waals surface area contributed by atoms with Gasteiger partial charge in [0.2, 0.25) is 0 Å². The molecule has 6 nitrogen and oxygen atoms in total. The number of amides is 2. The monoisotopic (exact) mass is 374 g/mol. The van der Waals surface area contributed by atoms with E-state index in [2.05, 4.69) is 24.7 Å². The molecule has 0 aliphatic carbocycles. The number of rotatable bonds is 7. The van der Waals surface area contributed by atoms with Crippen LogP contribution in [0, 0.1) is 5.82 Å². The minimum absolute atomic E-state index is 0.242. The number of hydrazine groups is 1. The van der Waals surface area contributed by atoms with Gasteiger partial charge in [0, 0.05) is 0 Å². The average molecular weight is 374 g/mol. The molecule has 0 aromatic heterocycles. The molecule has 2 N–H and O–H groups in total. The molecule has 0 radical (unpaired) electrons. The summed E-state index contributed by atoms with van der Waals surface area (Å²) >= 11 is 0. The van der Waals surface area contributed by atoms with Crippen molar-refractivity contribution >= 4 is 11.8 Å². The zero-order valence-electron chi connectivity index (χ0n) is 15.5. The van der Waals surface area contributed by atoms with E-state index in [1.165, 1.54) is 36.8 Å². The zero-order valence-corrected chi connectivity index (χ0v) is 15.5. The van der Waals surface area contributed by atoms with E-state index in [4.69, 9.17) is 9.47 Å². The lowest BCUT2D eigenvalue weighted by Gasteiger charge is -2.15. The molecule has 2 aromatic carbocycles. The summed E-state index contributed by atoms with van der Waals surface area (Å²) in [5.41, 5.74) is 5.69. The molecule has 2 aromatic rings. The molecule has 0 aliphatic heterocycles. The van der Waals surface area contributed by atoms with Gasteiger partial charge in [-0.15, -0.1) is 0 Å². The summed E-state index contributed by atoms with van der Waals surface area (Å²) in [6, 6.07) is 12.7. The molecular formula is C20H23FN2O4. The van der Waals surface area contributed by atoms with Crippen LogP contribution >= 0.6 is 0 Å². The first-order valence-corrected chi connectivity index (χ1v) is 8.59. The van der Waals surface area contributed by atoms with E-state index in [0.717, 1.165) is 0 Å². The Morgan fingerprint density at radius 3 is 2.11 bits per heavy atom. The highest BCUT2D eigenvalue weighted by atomic mass is 19.1. The molecule has 2 rings (SSSR count). The van der Waals surface area contributed by atoms with E-state index >= 15 is 0 Å². The van der Waals surface area contributed by atoms with Gasteiger partial charge in [-0.25, -0.2) is 4.39 Å². The van der Waals surface area contributed by atoms with E-state index in [-0.39, 0.29) is 6.61 Å². The third kappa shape index (κ3) is 6.62. The van der Waals surface area contributed by atoms with E-state index in [1.807, 2.05) is 12.1 Å². The summed E-state index contributed by atoms with van der Waals surface area (Å²) in [5, 5.41) is 0. The molecule has 0 unspecified atom stereocenters. The van der Waals surface area contributed by atoms with E-state index < -0.39 is 23.7 Å². The molecule has 0 spiro atoms. The molecule has 0 saturated carbocycles. The second-order valence-electron chi connectivity index (χ2n) is 6.26. The van der Waals surface area contributed by atoms with Gasteiger partial charge in [0.15, 0.2) is 12.7 Å². The van der Waals surface area contributed by atoms with Crippen molar-refractivity contribution in [3.05, 3.63) is 59.9 Å². The van der Waals surface area contributed by atoms with Gasteiger partial charge in [0.05, 0.1) is 0 Å². The molecule has 0 aliphatic rings. The lowest BCUT2D eigenvalue weighted by molar-refractivity contribution is -0.133. The lowest BCUT2D eigenvalue weighted by atomic mass is 10.0. The normalized spacial score (nSPS) is 11.6. The van der Waals surface area contributed by atoms with Gasteiger partial charge >= 0.3 is 0 Å². The van der Waals surface area contributed by atoms with Gasteiger partial charge in [-0.1, -0.05) is 26.0 Å². The Morgan fingerprint density at radius 2 is 1.52 bits per heavy atom. The van der Waals surface area contributed by atoms with Crippen LogP contribution in [-0.2, 0) is 9.59 Å². The van der Waals surface area contributed by atoms with Crippen LogP contribution in [0.5, 0.6) is 11.5 Å². The molecule has 2 amide bonds. The highest BCUT2D eigenvalue weighted by Gasteiger charge is 2.15. The van der Waals surface area contributed by atoms with Crippen molar-refractivity contribution < 1.29 is 23.5 Å². The number of nitrogens with one attached hydrogen (secondary N) is 2. The first kappa shape index (κ1) is 20.2. The van der Waals surface area contributed by atoms with Crippen molar-refractivity contribution in [3.8, 4) is 11.5 Å². The second kappa shape index (κ2) is 9.56. The molecule has 7 heteroatoms. The number of benzene rings is 2. The highest BCUT2D eigenvalue weighted by molar-refractivity contribution is 5.85. The first-order chi connectivity index (χ1) is 12.8. The highest BCUT2D eigenvalue weighted by Crippen LogP contribution is 2.18. The molecule has 0 fully saturated rings. The third-order valence-corrected chi connectivity index (χ3v) is 3.74. The van der Waals surface area contributed by atoms with Crippen molar-refractivity contribution in [1.29, 1.82) is 0 Å². The minimum Gasteiger partial charge on any atom is -0.484 e. The molecule has 0 heterocycles. The average Bonchev–Trinajstić information content (AvgIpc) is 2.66. The van der Waals surface area contributed by atoms with Crippen molar-refractivity contribution in [2.24, 2.45) is 0 Å². The van der Waals surface area contributed by atoms with Crippen LogP contribution in [0.15, 0.2) is 48.5 Å².